The van der Waals surface area contributed by atoms with Crippen molar-refractivity contribution in [2.75, 3.05) is 24.7 Å². The summed E-state index contributed by atoms with van der Waals surface area (Å²) in [6.07, 6.45) is 4.85. The average molecular weight is 470 g/mol. The minimum atomic E-state index is -3.17. The summed E-state index contributed by atoms with van der Waals surface area (Å²) in [5.41, 5.74) is 1.65. The smallest absolute Gasteiger partial charge is 0.331 e. The molecule has 1 fully saturated rings. The number of carbonyl (C=O) groups excluding carboxylic acids is 2. The van der Waals surface area contributed by atoms with Crippen LogP contribution in [0, 0.1) is 0 Å². The van der Waals surface area contributed by atoms with Crippen LogP contribution in [0.5, 0.6) is 5.75 Å². The highest BCUT2D eigenvalue weighted by Crippen LogP contribution is 2.20. The lowest BCUT2D eigenvalue weighted by atomic mass is 10.1. The second kappa shape index (κ2) is 11.5. The predicted octanol–water partition coefficient (Wildman–Crippen LogP) is 3.02. The van der Waals surface area contributed by atoms with Crippen LogP contribution in [0.2, 0.25) is 0 Å². The standard InChI is InChI=1S/C25H27NO6S/c1-2-15-31-23-11-8-20(9-12-23)10-13-25(28)32-18-24(27)26(17-21-6-4-3-5-7-21)22-14-16-33(29,30)19-22/h2-13,22H,1,14-19H2/b13-10+. The monoisotopic (exact) mass is 469 g/mol. The predicted molar refractivity (Wildman–Crippen MR) is 126 cm³/mol. The maximum Gasteiger partial charge on any atom is 0.331 e. The Balaban J connectivity index is 1.57. The third-order valence-electron chi connectivity index (χ3n) is 5.16. The van der Waals surface area contributed by atoms with Gasteiger partial charge in [0.25, 0.3) is 5.91 Å². The number of hydrogen-bond donors (Lipinski definition) is 0. The van der Waals surface area contributed by atoms with E-state index in [1.165, 1.54) is 11.0 Å². The summed E-state index contributed by atoms with van der Waals surface area (Å²) in [6, 6.07) is 16.0. The normalized spacial score (nSPS) is 16.9. The molecule has 2 aromatic rings. The van der Waals surface area contributed by atoms with Crippen molar-refractivity contribution in [1.29, 1.82) is 0 Å². The van der Waals surface area contributed by atoms with E-state index in [9.17, 15) is 18.0 Å². The van der Waals surface area contributed by atoms with Gasteiger partial charge in [0, 0.05) is 18.7 Å². The lowest BCUT2D eigenvalue weighted by Gasteiger charge is -2.28. The molecule has 0 N–H and O–H groups in total. The van der Waals surface area contributed by atoms with E-state index in [1.807, 2.05) is 30.3 Å². The quantitative estimate of drug-likeness (QED) is 0.302. The molecule has 0 radical (unpaired) electrons. The van der Waals surface area contributed by atoms with Crippen molar-refractivity contribution in [2.24, 2.45) is 0 Å². The highest BCUT2D eigenvalue weighted by atomic mass is 32.2. The number of hydrogen-bond acceptors (Lipinski definition) is 6. The van der Waals surface area contributed by atoms with Gasteiger partial charge in [0.15, 0.2) is 16.4 Å². The number of carbonyl (C=O) groups is 2. The van der Waals surface area contributed by atoms with Gasteiger partial charge in [-0.05, 0) is 35.8 Å². The Morgan fingerprint density at radius 1 is 1.09 bits per heavy atom. The lowest BCUT2D eigenvalue weighted by molar-refractivity contribution is -0.149. The molecule has 0 spiro atoms. The summed E-state index contributed by atoms with van der Waals surface area (Å²) in [7, 11) is -3.17. The lowest BCUT2D eigenvalue weighted by Crippen LogP contribution is -2.42. The Hall–Kier alpha value is -3.39. The Kier molecular flexibility index (Phi) is 8.43. The molecule has 8 heteroatoms. The maximum atomic E-state index is 12.9. The highest BCUT2D eigenvalue weighted by Gasteiger charge is 2.34. The number of ether oxygens (including phenoxy) is 2. The molecular formula is C25H27NO6S. The topological polar surface area (TPSA) is 90.0 Å². The molecule has 1 heterocycles. The van der Waals surface area contributed by atoms with E-state index in [-0.39, 0.29) is 18.1 Å². The van der Waals surface area contributed by atoms with Gasteiger partial charge < -0.3 is 14.4 Å². The van der Waals surface area contributed by atoms with Crippen molar-refractivity contribution in [2.45, 2.75) is 19.0 Å². The number of amides is 1. The van der Waals surface area contributed by atoms with Crippen molar-refractivity contribution < 1.29 is 27.5 Å². The zero-order valence-electron chi connectivity index (χ0n) is 18.3. The molecule has 1 atom stereocenters. The molecule has 0 aliphatic carbocycles. The summed E-state index contributed by atoms with van der Waals surface area (Å²) in [5.74, 6) is -0.421. The summed E-state index contributed by atoms with van der Waals surface area (Å²) in [5, 5.41) is 0. The number of esters is 1. The fourth-order valence-electron chi connectivity index (χ4n) is 3.48. The van der Waals surface area contributed by atoms with E-state index in [0.29, 0.717) is 18.8 Å². The zero-order chi connectivity index (χ0) is 23.7. The van der Waals surface area contributed by atoms with Crippen molar-refractivity contribution >= 4 is 27.8 Å². The van der Waals surface area contributed by atoms with Crippen molar-refractivity contribution in [3.8, 4) is 5.75 Å². The molecule has 2 aromatic carbocycles. The van der Waals surface area contributed by atoms with Crippen molar-refractivity contribution in [1.82, 2.24) is 4.90 Å². The van der Waals surface area contributed by atoms with Crippen LogP contribution in [-0.4, -0.2) is 56.0 Å². The molecule has 3 rings (SSSR count). The number of rotatable bonds is 10. The number of benzene rings is 2. The van der Waals surface area contributed by atoms with Gasteiger partial charge in [0.2, 0.25) is 0 Å². The van der Waals surface area contributed by atoms with Gasteiger partial charge in [-0.3, -0.25) is 4.79 Å². The van der Waals surface area contributed by atoms with Crippen LogP contribution >= 0.6 is 0 Å². The van der Waals surface area contributed by atoms with Crippen LogP contribution in [0.1, 0.15) is 17.5 Å². The number of sulfone groups is 1. The van der Waals surface area contributed by atoms with E-state index in [4.69, 9.17) is 9.47 Å². The molecule has 1 aliphatic heterocycles. The molecule has 1 unspecified atom stereocenters. The van der Waals surface area contributed by atoms with E-state index in [1.54, 1.807) is 36.4 Å². The van der Waals surface area contributed by atoms with Crippen LogP contribution in [0.4, 0.5) is 0 Å². The molecule has 1 saturated heterocycles. The first-order valence-corrected chi connectivity index (χ1v) is 12.4. The van der Waals surface area contributed by atoms with Gasteiger partial charge in [0.05, 0.1) is 11.5 Å². The van der Waals surface area contributed by atoms with Crippen LogP contribution < -0.4 is 4.74 Å². The van der Waals surface area contributed by atoms with Gasteiger partial charge in [-0.1, -0.05) is 55.1 Å². The minimum absolute atomic E-state index is 0.0518. The van der Waals surface area contributed by atoms with Crippen LogP contribution in [0.25, 0.3) is 6.08 Å². The van der Waals surface area contributed by atoms with Gasteiger partial charge in [-0.25, -0.2) is 13.2 Å². The fraction of sp³-hybridized carbons (Fsp3) is 0.280. The molecule has 7 nitrogen and oxygen atoms in total. The van der Waals surface area contributed by atoms with Crippen molar-refractivity contribution in [3.63, 3.8) is 0 Å². The molecule has 0 aromatic heterocycles. The molecule has 1 amide bonds. The first-order chi connectivity index (χ1) is 15.9. The minimum Gasteiger partial charge on any atom is -0.490 e. The Morgan fingerprint density at radius 3 is 2.45 bits per heavy atom. The largest absolute Gasteiger partial charge is 0.490 e. The summed E-state index contributed by atoms with van der Waals surface area (Å²) < 4.78 is 34.4. The van der Waals surface area contributed by atoms with E-state index in [0.717, 1.165) is 11.1 Å². The van der Waals surface area contributed by atoms with Gasteiger partial charge in [-0.15, -0.1) is 0 Å². The first kappa shape index (κ1) is 24.3. The van der Waals surface area contributed by atoms with Gasteiger partial charge in [0.1, 0.15) is 12.4 Å². The Morgan fingerprint density at radius 2 is 1.82 bits per heavy atom. The molecule has 1 aliphatic rings. The highest BCUT2D eigenvalue weighted by molar-refractivity contribution is 7.91. The molecule has 0 saturated carbocycles. The zero-order valence-corrected chi connectivity index (χ0v) is 19.1. The fourth-order valence-corrected chi connectivity index (χ4v) is 5.21. The molecular weight excluding hydrogens is 442 g/mol. The second-order valence-electron chi connectivity index (χ2n) is 7.67. The molecule has 174 valence electrons. The Bertz CT molecular complexity index is 1090. The third kappa shape index (κ3) is 7.61. The maximum absolute atomic E-state index is 12.9. The second-order valence-corrected chi connectivity index (χ2v) is 9.90. The van der Waals surface area contributed by atoms with Crippen molar-refractivity contribution in [3.05, 3.63) is 84.5 Å². The first-order valence-electron chi connectivity index (χ1n) is 10.6. The van der Waals surface area contributed by atoms with Gasteiger partial charge >= 0.3 is 5.97 Å². The summed E-state index contributed by atoms with van der Waals surface area (Å²) >= 11 is 0. The summed E-state index contributed by atoms with van der Waals surface area (Å²) in [6.45, 7) is 3.80. The third-order valence-corrected chi connectivity index (χ3v) is 6.91. The van der Waals surface area contributed by atoms with E-state index >= 15 is 0 Å². The number of nitrogens with zero attached hydrogens (tertiary/aromatic N) is 1. The van der Waals surface area contributed by atoms with Crippen LogP contribution in [0.15, 0.2) is 73.3 Å². The molecule has 0 bridgehead atoms. The average Bonchev–Trinajstić information content (AvgIpc) is 3.18. The van der Waals surface area contributed by atoms with Crippen LogP contribution in [-0.2, 0) is 30.7 Å². The van der Waals surface area contributed by atoms with Crippen LogP contribution in [0.3, 0.4) is 0 Å². The Labute approximate surface area is 194 Å². The summed E-state index contributed by atoms with van der Waals surface area (Å²) in [4.78, 5) is 26.5. The van der Waals surface area contributed by atoms with E-state index < -0.39 is 34.4 Å². The van der Waals surface area contributed by atoms with Gasteiger partial charge in [-0.2, -0.15) is 0 Å². The van der Waals surface area contributed by atoms with E-state index in [2.05, 4.69) is 6.58 Å². The molecule has 33 heavy (non-hydrogen) atoms. The SMILES string of the molecule is C=CCOc1ccc(/C=C/C(=O)OCC(=O)N(Cc2ccccc2)C2CCS(=O)(=O)C2)cc1.